The third kappa shape index (κ3) is 3.05. The molecule has 1 saturated heterocycles. The van der Waals surface area contributed by atoms with Gasteiger partial charge in [-0.15, -0.1) is 0 Å². The summed E-state index contributed by atoms with van der Waals surface area (Å²) in [5, 5.41) is 0. The summed E-state index contributed by atoms with van der Waals surface area (Å²) in [5.74, 6) is -0.737. The first-order valence-corrected chi connectivity index (χ1v) is 5.64. The van der Waals surface area contributed by atoms with E-state index < -0.39 is 11.8 Å². The molecule has 16 heavy (non-hydrogen) atoms. The fraction of sp³-hybridized carbons (Fsp3) is 0.727. The van der Waals surface area contributed by atoms with Gasteiger partial charge < -0.3 is 14.6 Å². The normalized spacial score (nSPS) is 16.9. The molecule has 0 radical (unpaired) electrons. The third-order valence-electron chi connectivity index (χ3n) is 2.74. The van der Waals surface area contributed by atoms with Gasteiger partial charge in [0.25, 0.3) is 0 Å². The molecule has 0 saturated carbocycles. The quantitative estimate of drug-likeness (QED) is 0.622. The summed E-state index contributed by atoms with van der Waals surface area (Å²) in [6, 6.07) is 0. The van der Waals surface area contributed by atoms with Crippen molar-refractivity contribution >= 4 is 17.6 Å². The Morgan fingerprint density at radius 3 is 2.31 bits per heavy atom. The van der Waals surface area contributed by atoms with Crippen molar-refractivity contribution in [3.8, 4) is 0 Å². The summed E-state index contributed by atoms with van der Waals surface area (Å²) in [7, 11) is 0. The summed E-state index contributed by atoms with van der Waals surface area (Å²) < 4.78 is 0. The van der Waals surface area contributed by atoms with E-state index in [-0.39, 0.29) is 5.78 Å². The first-order chi connectivity index (χ1) is 7.56. The molecule has 1 aliphatic rings. The first kappa shape index (κ1) is 12.7. The molecule has 1 rings (SSSR count). The summed E-state index contributed by atoms with van der Waals surface area (Å²) in [6.07, 6.45) is 1.11. The highest BCUT2D eigenvalue weighted by Crippen LogP contribution is 2.06. The number of piperazine rings is 1. The van der Waals surface area contributed by atoms with Crippen molar-refractivity contribution < 1.29 is 14.4 Å². The van der Waals surface area contributed by atoms with Crippen molar-refractivity contribution in [1.82, 2.24) is 9.80 Å². The van der Waals surface area contributed by atoms with Gasteiger partial charge in [-0.2, -0.15) is 0 Å². The van der Waals surface area contributed by atoms with Crippen LogP contribution in [0.15, 0.2) is 0 Å². The van der Waals surface area contributed by atoms with Crippen LogP contribution in [0.3, 0.4) is 0 Å². The molecule has 0 spiro atoms. The average Bonchev–Trinajstić information content (AvgIpc) is 2.24. The van der Waals surface area contributed by atoms with Crippen molar-refractivity contribution in [2.45, 2.75) is 26.7 Å². The molecule has 0 unspecified atom stereocenters. The number of amides is 2. The maximum Gasteiger partial charge on any atom is 0.312 e. The average molecular weight is 226 g/mol. The third-order valence-corrected chi connectivity index (χ3v) is 2.74. The Labute approximate surface area is 95.4 Å². The molecule has 5 heteroatoms. The minimum absolute atomic E-state index is 0.117. The summed E-state index contributed by atoms with van der Waals surface area (Å²) >= 11 is 0. The predicted octanol–water partition coefficient (Wildman–Crippen LogP) is 0.0463. The summed E-state index contributed by atoms with van der Waals surface area (Å²) in [5.41, 5.74) is 0. The van der Waals surface area contributed by atoms with Crippen molar-refractivity contribution in [2.24, 2.45) is 0 Å². The molecule has 0 aromatic carbocycles. The molecule has 0 aromatic heterocycles. The summed E-state index contributed by atoms with van der Waals surface area (Å²) in [4.78, 5) is 37.0. The van der Waals surface area contributed by atoms with Crippen LogP contribution in [0.5, 0.6) is 0 Å². The maximum absolute atomic E-state index is 11.6. The van der Waals surface area contributed by atoms with E-state index in [1.807, 2.05) is 6.92 Å². The van der Waals surface area contributed by atoms with Gasteiger partial charge in [0.05, 0.1) is 0 Å². The van der Waals surface area contributed by atoms with E-state index in [4.69, 9.17) is 0 Å². The Balaban J connectivity index is 2.42. The number of carbonyl (C=O) groups excluding carboxylic acids is 3. The van der Waals surface area contributed by atoms with Crippen LogP contribution in [0.25, 0.3) is 0 Å². The molecule has 0 atom stereocenters. The van der Waals surface area contributed by atoms with Gasteiger partial charge in [0.15, 0.2) is 0 Å². The lowest BCUT2D eigenvalue weighted by atomic mass is 10.2. The van der Waals surface area contributed by atoms with E-state index in [1.54, 1.807) is 4.90 Å². The van der Waals surface area contributed by atoms with Crippen molar-refractivity contribution in [2.75, 3.05) is 26.2 Å². The number of hydrogen-bond acceptors (Lipinski definition) is 3. The van der Waals surface area contributed by atoms with Gasteiger partial charge in [-0.3, -0.25) is 9.59 Å². The van der Waals surface area contributed by atoms with Crippen LogP contribution in [-0.2, 0) is 14.4 Å². The maximum atomic E-state index is 11.6. The van der Waals surface area contributed by atoms with Crippen LogP contribution in [0.2, 0.25) is 0 Å². The molecule has 1 fully saturated rings. The molecule has 0 bridgehead atoms. The van der Waals surface area contributed by atoms with E-state index in [9.17, 15) is 14.4 Å². The first-order valence-electron chi connectivity index (χ1n) is 5.64. The van der Waals surface area contributed by atoms with Gasteiger partial charge in [-0.05, 0) is 20.3 Å². The van der Waals surface area contributed by atoms with Crippen LogP contribution in [0, 0.1) is 0 Å². The Morgan fingerprint density at radius 2 is 1.75 bits per heavy atom. The highest BCUT2D eigenvalue weighted by atomic mass is 16.2. The monoisotopic (exact) mass is 226 g/mol. The molecular formula is C11H18N2O3. The highest BCUT2D eigenvalue weighted by molar-refractivity contribution is 6.35. The van der Waals surface area contributed by atoms with Gasteiger partial charge in [-0.1, -0.05) is 0 Å². The fourth-order valence-corrected chi connectivity index (χ4v) is 1.75. The fourth-order valence-electron chi connectivity index (χ4n) is 1.75. The van der Waals surface area contributed by atoms with Crippen LogP contribution in [-0.4, -0.2) is 53.6 Å². The zero-order chi connectivity index (χ0) is 12.1. The number of carbonyl (C=O) groups is 3. The van der Waals surface area contributed by atoms with Crippen LogP contribution < -0.4 is 0 Å². The molecule has 2 amide bonds. The van der Waals surface area contributed by atoms with Gasteiger partial charge in [0, 0.05) is 32.6 Å². The van der Waals surface area contributed by atoms with Gasteiger partial charge in [0.1, 0.15) is 5.78 Å². The molecule has 90 valence electrons. The van der Waals surface area contributed by atoms with Gasteiger partial charge >= 0.3 is 11.8 Å². The van der Waals surface area contributed by atoms with E-state index >= 15 is 0 Å². The molecule has 0 N–H and O–H groups in total. The molecule has 0 aromatic rings. The van der Waals surface area contributed by atoms with Crippen molar-refractivity contribution in [1.29, 1.82) is 0 Å². The predicted molar refractivity (Wildman–Crippen MR) is 58.7 cm³/mol. The Hall–Kier alpha value is -1.39. The second-order valence-corrected chi connectivity index (χ2v) is 3.98. The van der Waals surface area contributed by atoms with Crippen molar-refractivity contribution in [3.63, 3.8) is 0 Å². The zero-order valence-electron chi connectivity index (χ0n) is 9.86. The minimum Gasteiger partial charge on any atom is -0.333 e. The second-order valence-electron chi connectivity index (χ2n) is 3.98. The Bertz CT molecular complexity index is 302. The number of Topliss-reactive ketones (excluding diaryl/α,β-unsaturated/α-hetero) is 1. The number of nitrogens with zero attached hydrogens (tertiary/aromatic N) is 2. The van der Waals surface area contributed by atoms with E-state index in [1.165, 1.54) is 11.8 Å². The van der Waals surface area contributed by atoms with Crippen molar-refractivity contribution in [3.05, 3.63) is 0 Å². The Kier molecular flexibility index (Phi) is 4.46. The van der Waals surface area contributed by atoms with Crippen LogP contribution in [0.4, 0.5) is 0 Å². The lowest BCUT2D eigenvalue weighted by molar-refractivity contribution is -0.155. The minimum atomic E-state index is -0.434. The number of hydrogen-bond donors (Lipinski definition) is 0. The number of likely N-dealkylation sites (N-methyl/N-ethyl adjacent to an activating group) is 1. The molecule has 0 aliphatic carbocycles. The van der Waals surface area contributed by atoms with E-state index in [0.29, 0.717) is 39.0 Å². The van der Waals surface area contributed by atoms with Crippen LogP contribution >= 0.6 is 0 Å². The molecule has 5 nitrogen and oxygen atoms in total. The molecule has 1 heterocycles. The van der Waals surface area contributed by atoms with Gasteiger partial charge in [0.2, 0.25) is 0 Å². The zero-order valence-corrected chi connectivity index (χ0v) is 9.86. The SMILES string of the molecule is CCN1CCN(CCCC(C)=O)C(=O)C1=O. The number of rotatable bonds is 5. The lowest BCUT2D eigenvalue weighted by Crippen LogP contribution is -2.54. The molecule has 1 aliphatic heterocycles. The smallest absolute Gasteiger partial charge is 0.312 e. The van der Waals surface area contributed by atoms with E-state index in [0.717, 1.165) is 0 Å². The molecular weight excluding hydrogens is 208 g/mol. The summed E-state index contributed by atoms with van der Waals surface area (Å²) in [6.45, 7) is 5.64. The standard InChI is InChI=1S/C11H18N2O3/c1-3-12-7-8-13(11(16)10(12)15)6-4-5-9(2)14/h3-8H2,1-2H3. The highest BCUT2D eigenvalue weighted by Gasteiger charge is 2.30. The van der Waals surface area contributed by atoms with Gasteiger partial charge in [-0.25, -0.2) is 0 Å². The lowest BCUT2D eigenvalue weighted by Gasteiger charge is -2.33. The van der Waals surface area contributed by atoms with Crippen LogP contribution in [0.1, 0.15) is 26.7 Å². The van der Waals surface area contributed by atoms with E-state index in [2.05, 4.69) is 0 Å². The topological polar surface area (TPSA) is 57.7 Å². The Morgan fingerprint density at radius 1 is 1.19 bits per heavy atom. The number of ketones is 1. The largest absolute Gasteiger partial charge is 0.333 e. The second kappa shape index (κ2) is 5.63.